The molecule has 35 heavy (non-hydrogen) atoms. The van der Waals surface area contributed by atoms with Gasteiger partial charge in [0.2, 0.25) is 0 Å². The first-order valence-electron chi connectivity index (χ1n) is 11.8. The first kappa shape index (κ1) is 24.0. The number of rotatable bonds is 8. The van der Waals surface area contributed by atoms with Gasteiger partial charge >= 0.3 is 12.0 Å². The van der Waals surface area contributed by atoms with E-state index in [1.54, 1.807) is 11.8 Å². The highest BCUT2D eigenvalue weighted by Gasteiger charge is 2.25. The van der Waals surface area contributed by atoms with Crippen LogP contribution >= 0.6 is 0 Å². The lowest BCUT2D eigenvalue weighted by molar-refractivity contribution is -0.143. The van der Waals surface area contributed by atoms with Gasteiger partial charge in [-0.05, 0) is 48.2 Å². The van der Waals surface area contributed by atoms with Gasteiger partial charge in [-0.15, -0.1) is 0 Å². The maximum absolute atomic E-state index is 12.9. The van der Waals surface area contributed by atoms with Gasteiger partial charge < -0.3 is 20.3 Å². The molecule has 180 valence electrons. The van der Waals surface area contributed by atoms with Gasteiger partial charge in [0.15, 0.2) is 0 Å². The third-order valence-corrected chi connectivity index (χ3v) is 5.94. The van der Waals surface area contributed by atoms with Gasteiger partial charge in [-0.1, -0.05) is 60.7 Å². The quantitative estimate of drug-likeness (QED) is 0.477. The van der Waals surface area contributed by atoms with E-state index in [9.17, 15) is 14.4 Å². The van der Waals surface area contributed by atoms with Gasteiger partial charge in [-0.2, -0.15) is 0 Å². The maximum Gasteiger partial charge on any atom is 0.315 e. The first-order chi connectivity index (χ1) is 17.0. The number of carbonyl (C=O) groups excluding carboxylic acids is 3. The normalized spacial score (nSPS) is 13.0. The molecule has 2 N–H and O–H groups in total. The lowest BCUT2D eigenvalue weighted by atomic mass is 10.0. The highest BCUT2D eigenvalue weighted by atomic mass is 16.5. The van der Waals surface area contributed by atoms with Crippen molar-refractivity contribution >= 4 is 23.6 Å². The lowest BCUT2D eigenvalue weighted by Gasteiger charge is -2.19. The summed E-state index contributed by atoms with van der Waals surface area (Å²) < 4.78 is 5.06. The molecule has 4 rings (SSSR count). The van der Waals surface area contributed by atoms with Crippen LogP contribution in [0.3, 0.4) is 0 Å². The Labute approximate surface area is 205 Å². The maximum atomic E-state index is 12.9. The Morgan fingerprint density at radius 1 is 0.971 bits per heavy atom. The summed E-state index contributed by atoms with van der Waals surface area (Å²) in [5.74, 6) is -0.377. The van der Waals surface area contributed by atoms with Crippen molar-refractivity contribution in [2.75, 3.05) is 18.1 Å². The summed E-state index contributed by atoms with van der Waals surface area (Å²) in [6.07, 6.45) is 0.818. The zero-order chi connectivity index (χ0) is 24.6. The highest BCUT2D eigenvalue weighted by molar-refractivity contribution is 6.07. The fourth-order valence-corrected chi connectivity index (χ4v) is 4.23. The zero-order valence-corrected chi connectivity index (χ0v) is 19.7. The number of hydrogen-bond donors (Lipinski definition) is 2. The van der Waals surface area contributed by atoms with Crippen molar-refractivity contribution in [1.29, 1.82) is 0 Å². The largest absolute Gasteiger partial charge is 0.466 e. The van der Waals surface area contributed by atoms with E-state index in [2.05, 4.69) is 10.6 Å². The van der Waals surface area contributed by atoms with E-state index in [4.69, 9.17) is 4.74 Å². The Kier molecular flexibility index (Phi) is 7.77. The molecular weight excluding hydrogens is 442 g/mol. The molecule has 0 saturated heterocycles. The van der Waals surface area contributed by atoms with Crippen molar-refractivity contribution in [3.63, 3.8) is 0 Å². The number of benzene rings is 3. The number of fused-ring (bicyclic) bond motifs is 1. The second-order valence-electron chi connectivity index (χ2n) is 8.34. The highest BCUT2D eigenvalue weighted by Crippen LogP contribution is 2.30. The second kappa shape index (κ2) is 11.3. The van der Waals surface area contributed by atoms with Crippen molar-refractivity contribution in [3.05, 3.63) is 101 Å². The summed E-state index contributed by atoms with van der Waals surface area (Å²) in [7, 11) is 0. The molecule has 0 fully saturated rings. The van der Waals surface area contributed by atoms with Crippen LogP contribution in [0.2, 0.25) is 0 Å². The molecule has 1 aliphatic heterocycles. The van der Waals surface area contributed by atoms with Crippen LogP contribution in [0.5, 0.6) is 0 Å². The number of hydrogen-bond acceptors (Lipinski definition) is 4. The molecule has 0 aliphatic carbocycles. The molecule has 1 heterocycles. The molecule has 3 aromatic rings. The summed E-state index contributed by atoms with van der Waals surface area (Å²) in [5, 5.41) is 5.75. The molecule has 1 aliphatic rings. The molecule has 0 saturated carbocycles. The molecular formula is C28H29N3O4. The van der Waals surface area contributed by atoms with E-state index in [1.165, 1.54) is 0 Å². The van der Waals surface area contributed by atoms with Crippen molar-refractivity contribution in [3.8, 4) is 0 Å². The summed E-state index contributed by atoms with van der Waals surface area (Å²) in [5.41, 5.74) is 4.42. The predicted molar refractivity (Wildman–Crippen MR) is 134 cm³/mol. The minimum absolute atomic E-state index is 0.0110. The van der Waals surface area contributed by atoms with Crippen LogP contribution in [-0.4, -0.2) is 31.1 Å². The standard InChI is InChI=1S/C28H29N3O4/c1-2-35-26(32)18-24(21-9-5-3-6-10-21)30-28(34)29-19-20-13-14-25-23(17-20)15-16-31(25)27(33)22-11-7-4-8-12-22/h3-14,17,24H,2,15-16,18-19H2,1H3,(H2,29,30,34)/t24-/m0/s1. The zero-order valence-electron chi connectivity index (χ0n) is 19.7. The fraction of sp³-hybridized carbons (Fsp3) is 0.250. The van der Waals surface area contributed by atoms with Crippen molar-refractivity contribution in [2.45, 2.75) is 32.4 Å². The Hall–Kier alpha value is -4.13. The predicted octanol–water partition coefficient (Wildman–Crippen LogP) is 4.38. The Bertz CT molecular complexity index is 1180. The van der Waals surface area contributed by atoms with Crippen LogP contribution in [0.15, 0.2) is 78.9 Å². The Morgan fingerprint density at radius 2 is 1.69 bits per heavy atom. The lowest BCUT2D eigenvalue weighted by Crippen LogP contribution is -2.38. The number of amides is 3. The van der Waals surface area contributed by atoms with E-state index in [-0.39, 0.29) is 24.3 Å². The van der Waals surface area contributed by atoms with E-state index in [1.807, 2.05) is 78.9 Å². The number of anilines is 1. The summed E-state index contributed by atoms with van der Waals surface area (Å²) >= 11 is 0. The van der Waals surface area contributed by atoms with Crippen LogP contribution < -0.4 is 15.5 Å². The van der Waals surface area contributed by atoms with Crippen LogP contribution in [-0.2, 0) is 22.5 Å². The molecule has 7 nitrogen and oxygen atoms in total. The molecule has 1 atom stereocenters. The van der Waals surface area contributed by atoms with Gasteiger partial charge in [0, 0.05) is 24.3 Å². The van der Waals surface area contributed by atoms with Gasteiger partial charge in [-0.25, -0.2) is 4.79 Å². The molecule has 0 bridgehead atoms. The number of ether oxygens (including phenoxy) is 1. The molecule has 3 amide bonds. The molecule has 0 aromatic heterocycles. The minimum Gasteiger partial charge on any atom is -0.466 e. The van der Waals surface area contributed by atoms with E-state index in [0.717, 1.165) is 28.8 Å². The van der Waals surface area contributed by atoms with Crippen LogP contribution in [0.4, 0.5) is 10.5 Å². The minimum atomic E-state index is -0.493. The van der Waals surface area contributed by atoms with Crippen LogP contribution in [0.25, 0.3) is 0 Å². The Balaban J connectivity index is 1.37. The van der Waals surface area contributed by atoms with Crippen LogP contribution in [0, 0.1) is 0 Å². The van der Waals surface area contributed by atoms with E-state index < -0.39 is 6.04 Å². The number of nitrogens with one attached hydrogen (secondary N) is 2. The van der Waals surface area contributed by atoms with Crippen molar-refractivity contribution < 1.29 is 19.1 Å². The van der Waals surface area contributed by atoms with Gasteiger partial charge in [0.05, 0.1) is 19.1 Å². The smallest absolute Gasteiger partial charge is 0.315 e. The van der Waals surface area contributed by atoms with Gasteiger partial charge in [0.25, 0.3) is 5.91 Å². The monoisotopic (exact) mass is 471 g/mol. The van der Waals surface area contributed by atoms with Crippen LogP contribution in [0.1, 0.15) is 46.4 Å². The average Bonchev–Trinajstić information content (AvgIpc) is 3.31. The number of esters is 1. The molecule has 3 aromatic carbocycles. The van der Waals surface area contributed by atoms with E-state index in [0.29, 0.717) is 25.3 Å². The fourth-order valence-electron chi connectivity index (χ4n) is 4.23. The number of carbonyl (C=O) groups is 3. The van der Waals surface area contributed by atoms with Gasteiger partial charge in [-0.3, -0.25) is 9.59 Å². The average molecular weight is 472 g/mol. The molecule has 0 unspecified atom stereocenters. The van der Waals surface area contributed by atoms with Gasteiger partial charge in [0.1, 0.15) is 0 Å². The number of nitrogens with zero attached hydrogens (tertiary/aromatic N) is 1. The summed E-state index contributed by atoms with van der Waals surface area (Å²) in [4.78, 5) is 39.4. The summed E-state index contributed by atoms with van der Waals surface area (Å²) in [6.45, 7) is 3.00. The summed E-state index contributed by atoms with van der Waals surface area (Å²) in [6, 6.07) is 23.6. The van der Waals surface area contributed by atoms with Crippen molar-refractivity contribution in [1.82, 2.24) is 10.6 Å². The Morgan fingerprint density at radius 3 is 2.40 bits per heavy atom. The molecule has 0 radical (unpaired) electrons. The topological polar surface area (TPSA) is 87.7 Å². The molecule has 0 spiro atoms. The van der Waals surface area contributed by atoms with E-state index >= 15 is 0 Å². The van der Waals surface area contributed by atoms with Crippen molar-refractivity contribution in [2.24, 2.45) is 0 Å². The third kappa shape index (κ3) is 6.06. The first-order valence-corrected chi connectivity index (χ1v) is 11.8. The second-order valence-corrected chi connectivity index (χ2v) is 8.34. The SMILES string of the molecule is CCOC(=O)C[C@H](NC(=O)NCc1ccc2c(c1)CCN2C(=O)c1ccccc1)c1ccccc1. The number of urea groups is 1. The third-order valence-electron chi connectivity index (χ3n) is 5.94. The molecule has 7 heteroatoms.